The first kappa shape index (κ1) is 18.5. The molecular weight excluding hydrogens is 362 g/mol. The number of nitrogens with zero attached hydrogens (tertiary/aromatic N) is 4. The van der Waals surface area contributed by atoms with E-state index in [4.69, 9.17) is 0 Å². The summed E-state index contributed by atoms with van der Waals surface area (Å²) in [4.78, 5) is 32.9. The summed E-state index contributed by atoms with van der Waals surface area (Å²) in [6.45, 7) is -1.71. The van der Waals surface area contributed by atoms with Crippen LogP contribution in [0.15, 0.2) is 29.9 Å². The molecule has 1 saturated heterocycles. The second kappa shape index (κ2) is 7.94. The molecule has 6 nitrogen and oxygen atoms in total. The molecular formula is C17H20F2N4O2S. The van der Waals surface area contributed by atoms with Crippen LogP contribution in [0.25, 0.3) is 0 Å². The van der Waals surface area contributed by atoms with E-state index in [1.165, 1.54) is 28.6 Å². The molecule has 1 atom stereocenters. The molecule has 0 saturated carbocycles. The Bertz CT molecular complexity index is 763. The summed E-state index contributed by atoms with van der Waals surface area (Å²) in [5, 5.41) is 1.85. The number of carbonyl (C=O) groups excluding carboxylic acids is 2. The van der Waals surface area contributed by atoms with E-state index in [1.807, 2.05) is 11.4 Å². The van der Waals surface area contributed by atoms with Crippen molar-refractivity contribution in [2.24, 2.45) is 5.92 Å². The summed E-state index contributed by atoms with van der Waals surface area (Å²) in [5.74, 6) is -0.406. The van der Waals surface area contributed by atoms with Crippen LogP contribution in [0.5, 0.6) is 0 Å². The van der Waals surface area contributed by atoms with Crippen molar-refractivity contribution in [2.45, 2.75) is 25.9 Å². The van der Waals surface area contributed by atoms with Crippen LogP contribution in [0.1, 0.15) is 34.9 Å². The lowest BCUT2D eigenvalue weighted by atomic mass is 9.96. The fraction of sp³-hybridized carbons (Fsp3) is 0.471. The highest BCUT2D eigenvalue weighted by atomic mass is 32.1. The number of rotatable bonds is 5. The quantitative estimate of drug-likeness (QED) is 0.799. The largest absolute Gasteiger partial charge is 0.338 e. The Balaban J connectivity index is 1.63. The third-order valence-electron chi connectivity index (χ3n) is 4.50. The van der Waals surface area contributed by atoms with Gasteiger partial charge in [-0.15, -0.1) is 11.3 Å². The number of carbonyl (C=O) groups is 2. The fourth-order valence-electron chi connectivity index (χ4n) is 3.17. The minimum absolute atomic E-state index is 0.00550. The minimum Gasteiger partial charge on any atom is -0.338 e. The van der Waals surface area contributed by atoms with Gasteiger partial charge >= 0.3 is 6.55 Å². The van der Waals surface area contributed by atoms with Crippen LogP contribution in [0, 0.1) is 5.92 Å². The first-order chi connectivity index (χ1) is 12.5. The third-order valence-corrected chi connectivity index (χ3v) is 5.36. The van der Waals surface area contributed by atoms with Gasteiger partial charge in [-0.3, -0.25) is 14.2 Å². The second-order valence-electron chi connectivity index (χ2n) is 6.29. The number of alkyl halides is 2. The van der Waals surface area contributed by atoms with Gasteiger partial charge < -0.3 is 9.80 Å². The lowest BCUT2D eigenvalue weighted by Gasteiger charge is -2.33. The van der Waals surface area contributed by atoms with Crippen molar-refractivity contribution in [1.29, 1.82) is 0 Å². The van der Waals surface area contributed by atoms with E-state index in [9.17, 15) is 18.4 Å². The molecule has 0 aromatic carbocycles. The SMILES string of the molecule is CN(Cc1nccn1C(F)F)C(=O)C1CCCN(C(=O)c2cccs2)C1. The number of hydrogen-bond donors (Lipinski definition) is 0. The molecule has 3 heterocycles. The molecule has 0 spiro atoms. The average molecular weight is 382 g/mol. The normalized spacial score (nSPS) is 17.5. The number of imidazole rings is 1. The average Bonchev–Trinajstić information content (AvgIpc) is 3.32. The van der Waals surface area contributed by atoms with Crippen LogP contribution in [0.4, 0.5) is 8.78 Å². The third kappa shape index (κ3) is 3.92. The minimum atomic E-state index is -2.69. The summed E-state index contributed by atoms with van der Waals surface area (Å²) in [6, 6.07) is 3.60. The van der Waals surface area contributed by atoms with Crippen molar-refractivity contribution in [1.82, 2.24) is 19.4 Å². The van der Waals surface area contributed by atoms with E-state index >= 15 is 0 Å². The first-order valence-corrected chi connectivity index (χ1v) is 9.23. The molecule has 0 radical (unpaired) electrons. The van der Waals surface area contributed by atoms with Crippen molar-refractivity contribution >= 4 is 23.2 Å². The van der Waals surface area contributed by atoms with E-state index in [0.717, 1.165) is 11.0 Å². The van der Waals surface area contributed by atoms with Gasteiger partial charge in [0.15, 0.2) is 0 Å². The van der Waals surface area contributed by atoms with E-state index in [0.29, 0.717) is 24.4 Å². The smallest absolute Gasteiger partial charge is 0.319 e. The maximum Gasteiger partial charge on any atom is 0.319 e. The van der Waals surface area contributed by atoms with E-state index in [-0.39, 0.29) is 30.1 Å². The van der Waals surface area contributed by atoms with Crippen molar-refractivity contribution in [3.63, 3.8) is 0 Å². The number of amides is 2. The van der Waals surface area contributed by atoms with Crippen molar-refractivity contribution in [3.05, 3.63) is 40.6 Å². The number of hydrogen-bond acceptors (Lipinski definition) is 4. The maximum absolute atomic E-state index is 12.9. The summed E-state index contributed by atoms with van der Waals surface area (Å²) in [7, 11) is 1.58. The van der Waals surface area contributed by atoms with Gasteiger partial charge in [0.1, 0.15) is 5.82 Å². The van der Waals surface area contributed by atoms with E-state index < -0.39 is 6.55 Å². The molecule has 2 amide bonds. The second-order valence-corrected chi connectivity index (χ2v) is 7.24. The van der Waals surface area contributed by atoms with Crippen LogP contribution in [-0.2, 0) is 11.3 Å². The zero-order valence-corrected chi connectivity index (χ0v) is 15.2. The van der Waals surface area contributed by atoms with Gasteiger partial charge in [-0.2, -0.15) is 8.78 Å². The van der Waals surface area contributed by atoms with Crippen LogP contribution in [0.3, 0.4) is 0 Å². The van der Waals surface area contributed by atoms with Gasteiger partial charge in [-0.1, -0.05) is 6.07 Å². The van der Waals surface area contributed by atoms with Gasteiger partial charge in [0.25, 0.3) is 5.91 Å². The van der Waals surface area contributed by atoms with Gasteiger partial charge in [0.05, 0.1) is 17.3 Å². The maximum atomic E-state index is 12.9. The lowest BCUT2D eigenvalue weighted by molar-refractivity contribution is -0.136. The van der Waals surface area contributed by atoms with Crippen molar-refractivity contribution in [3.8, 4) is 0 Å². The molecule has 2 aromatic heterocycles. The number of halogens is 2. The molecule has 140 valence electrons. The van der Waals surface area contributed by atoms with Gasteiger partial charge in [-0.25, -0.2) is 4.98 Å². The Labute approximate surface area is 154 Å². The molecule has 0 N–H and O–H groups in total. The predicted molar refractivity (Wildman–Crippen MR) is 92.9 cm³/mol. The van der Waals surface area contributed by atoms with Gasteiger partial charge in [-0.05, 0) is 24.3 Å². The van der Waals surface area contributed by atoms with Crippen LogP contribution >= 0.6 is 11.3 Å². The molecule has 2 aromatic rings. The number of thiophene rings is 1. The van der Waals surface area contributed by atoms with Gasteiger partial charge in [0.2, 0.25) is 5.91 Å². The van der Waals surface area contributed by atoms with Crippen LogP contribution < -0.4 is 0 Å². The number of likely N-dealkylation sites (tertiary alicyclic amines) is 1. The zero-order chi connectivity index (χ0) is 18.7. The summed E-state index contributed by atoms with van der Waals surface area (Å²) in [5.41, 5.74) is 0. The van der Waals surface area contributed by atoms with E-state index in [1.54, 1.807) is 18.0 Å². The van der Waals surface area contributed by atoms with Crippen molar-refractivity contribution < 1.29 is 18.4 Å². The zero-order valence-electron chi connectivity index (χ0n) is 14.3. The fourth-order valence-corrected chi connectivity index (χ4v) is 3.86. The molecule has 1 aliphatic rings. The molecule has 0 aliphatic carbocycles. The predicted octanol–water partition coefficient (Wildman–Crippen LogP) is 2.85. The molecule has 1 aliphatic heterocycles. The topological polar surface area (TPSA) is 58.4 Å². The monoisotopic (exact) mass is 382 g/mol. The standard InChI is InChI=1S/C17H20F2N4O2S/c1-21(11-14-20-6-8-23(14)17(18)19)15(24)12-4-2-7-22(10-12)16(25)13-5-3-9-26-13/h3,5-6,8-9,12,17H,2,4,7,10-11H2,1H3. The Morgan fingerprint density at radius 3 is 2.96 bits per heavy atom. The Morgan fingerprint density at radius 2 is 2.27 bits per heavy atom. The first-order valence-electron chi connectivity index (χ1n) is 8.35. The molecule has 0 bridgehead atoms. The van der Waals surface area contributed by atoms with Crippen molar-refractivity contribution in [2.75, 3.05) is 20.1 Å². The molecule has 1 fully saturated rings. The lowest BCUT2D eigenvalue weighted by Crippen LogP contribution is -2.45. The molecule has 3 rings (SSSR count). The molecule has 1 unspecified atom stereocenters. The van der Waals surface area contributed by atoms with Gasteiger partial charge in [0, 0.05) is 32.5 Å². The van der Waals surface area contributed by atoms with Crippen LogP contribution in [-0.4, -0.2) is 51.3 Å². The summed E-state index contributed by atoms with van der Waals surface area (Å²) >= 11 is 1.38. The molecule has 9 heteroatoms. The highest BCUT2D eigenvalue weighted by Gasteiger charge is 2.31. The highest BCUT2D eigenvalue weighted by Crippen LogP contribution is 2.23. The van der Waals surface area contributed by atoms with Crippen LogP contribution in [0.2, 0.25) is 0 Å². The highest BCUT2D eigenvalue weighted by molar-refractivity contribution is 7.12. The molecule has 26 heavy (non-hydrogen) atoms. The number of piperidine rings is 1. The number of aromatic nitrogens is 2. The summed E-state index contributed by atoms with van der Waals surface area (Å²) < 4.78 is 26.6. The van der Waals surface area contributed by atoms with E-state index in [2.05, 4.69) is 4.98 Å². The summed E-state index contributed by atoms with van der Waals surface area (Å²) in [6.07, 6.45) is 3.91. The Kier molecular flexibility index (Phi) is 5.65. The Morgan fingerprint density at radius 1 is 1.46 bits per heavy atom. The Hall–Kier alpha value is -2.29.